The van der Waals surface area contributed by atoms with E-state index in [9.17, 15) is 4.39 Å². The smallest absolute Gasteiger partial charge is 0.141 e. The minimum absolute atomic E-state index is 0.242. The Balaban J connectivity index is 2.09. The maximum Gasteiger partial charge on any atom is 0.141 e. The Morgan fingerprint density at radius 1 is 1.53 bits per heavy atom. The third-order valence-electron chi connectivity index (χ3n) is 2.94. The lowest BCUT2D eigenvalue weighted by molar-refractivity contribution is 0.154. The molecule has 2 rings (SSSR count). The van der Waals surface area contributed by atoms with Crippen LogP contribution in [0.3, 0.4) is 0 Å². The summed E-state index contributed by atoms with van der Waals surface area (Å²) in [6, 6.07) is 1.59. The normalized spacial score (nSPS) is 22.9. The minimum Gasteiger partial charge on any atom is -0.261 e. The van der Waals surface area contributed by atoms with Gasteiger partial charge in [0.1, 0.15) is 5.82 Å². The summed E-state index contributed by atoms with van der Waals surface area (Å²) in [5, 5.41) is 2.17. The molecule has 0 aromatic carbocycles. The average Bonchev–Trinajstić information content (AvgIpc) is 2.29. The third-order valence-corrected chi connectivity index (χ3v) is 2.94. The Kier molecular flexibility index (Phi) is 3.28. The fraction of sp³-hybridized carbons (Fsp3) is 0.545. The molecule has 0 unspecified atom stereocenters. The Labute approximate surface area is 89.3 Å². The summed E-state index contributed by atoms with van der Waals surface area (Å²) in [7, 11) is 1.92. The van der Waals surface area contributed by atoms with E-state index >= 15 is 0 Å². The van der Waals surface area contributed by atoms with E-state index < -0.39 is 0 Å². The molecule has 1 aromatic rings. The van der Waals surface area contributed by atoms with Crippen molar-refractivity contribution in [1.82, 2.24) is 15.4 Å². The van der Waals surface area contributed by atoms with Crippen LogP contribution in [0.1, 0.15) is 24.3 Å². The molecule has 0 saturated carbocycles. The SMILES string of the molecule is CNN1CCC[C@@H](c2cncc(F)c2)C1. The number of nitrogens with one attached hydrogen (secondary N) is 1. The maximum atomic E-state index is 13.0. The van der Waals surface area contributed by atoms with Gasteiger partial charge in [-0.3, -0.25) is 10.4 Å². The first-order valence-corrected chi connectivity index (χ1v) is 5.32. The molecule has 1 aliphatic rings. The maximum absolute atomic E-state index is 13.0. The highest BCUT2D eigenvalue weighted by atomic mass is 19.1. The van der Waals surface area contributed by atoms with Gasteiger partial charge >= 0.3 is 0 Å². The predicted octanol–water partition coefficient (Wildman–Crippen LogP) is 1.53. The fourth-order valence-electron chi connectivity index (χ4n) is 2.10. The molecule has 0 bridgehead atoms. The molecule has 1 fully saturated rings. The van der Waals surface area contributed by atoms with Crippen molar-refractivity contribution in [2.45, 2.75) is 18.8 Å². The van der Waals surface area contributed by atoms with Crippen LogP contribution in [-0.2, 0) is 0 Å². The predicted molar refractivity (Wildman–Crippen MR) is 56.8 cm³/mol. The lowest BCUT2D eigenvalue weighted by Gasteiger charge is -2.31. The van der Waals surface area contributed by atoms with E-state index in [-0.39, 0.29) is 5.82 Å². The van der Waals surface area contributed by atoms with Crippen molar-refractivity contribution in [3.8, 4) is 0 Å². The van der Waals surface area contributed by atoms with E-state index in [1.165, 1.54) is 6.20 Å². The molecule has 3 nitrogen and oxygen atoms in total. The van der Waals surface area contributed by atoms with Crippen molar-refractivity contribution in [2.75, 3.05) is 20.1 Å². The van der Waals surface area contributed by atoms with Gasteiger partial charge in [0.15, 0.2) is 0 Å². The van der Waals surface area contributed by atoms with Gasteiger partial charge in [-0.25, -0.2) is 9.40 Å². The Morgan fingerprint density at radius 2 is 2.40 bits per heavy atom. The molecule has 15 heavy (non-hydrogen) atoms. The van der Waals surface area contributed by atoms with E-state index in [2.05, 4.69) is 15.4 Å². The molecule has 0 radical (unpaired) electrons. The quantitative estimate of drug-likeness (QED) is 0.800. The Hall–Kier alpha value is -1.00. The summed E-state index contributed by atoms with van der Waals surface area (Å²) in [6.07, 6.45) is 5.28. The van der Waals surface area contributed by atoms with Crippen LogP contribution in [0.25, 0.3) is 0 Å². The van der Waals surface area contributed by atoms with E-state index in [1.54, 1.807) is 12.3 Å². The number of piperidine rings is 1. The first-order chi connectivity index (χ1) is 7.29. The molecule has 0 spiro atoms. The summed E-state index contributed by atoms with van der Waals surface area (Å²) in [6.45, 7) is 2.00. The summed E-state index contributed by atoms with van der Waals surface area (Å²) < 4.78 is 13.0. The summed E-state index contributed by atoms with van der Waals surface area (Å²) in [5.41, 5.74) is 4.15. The molecule has 1 N–H and O–H groups in total. The van der Waals surface area contributed by atoms with Crippen LogP contribution in [0.5, 0.6) is 0 Å². The minimum atomic E-state index is -0.242. The molecular weight excluding hydrogens is 193 g/mol. The van der Waals surface area contributed by atoms with Gasteiger partial charge in [0, 0.05) is 19.3 Å². The fourth-order valence-corrected chi connectivity index (χ4v) is 2.10. The number of hydrogen-bond donors (Lipinski definition) is 1. The van der Waals surface area contributed by atoms with Gasteiger partial charge in [-0.05, 0) is 37.4 Å². The standard InChI is InChI=1S/C11H16FN3/c1-13-15-4-2-3-9(8-15)10-5-11(12)7-14-6-10/h5-7,9,13H,2-4,8H2,1H3/t9-/m1/s1. The van der Waals surface area contributed by atoms with Gasteiger partial charge in [0.05, 0.1) is 6.20 Å². The van der Waals surface area contributed by atoms with Crippen molar-refractivity contribution >= 4 is 0 Å². The van der Waals surface area contributed by atoms with E-state index in [0.29, 0.717) is 5.92 Å². The molecule has 82 valence electrons. The second kappa shape index (κ2) is 4.68. The van der Waals surface area contributed by atoms with Crippen LogP contribution < -0.4 is 5.43 Å². The first kappa shape index (κ1) is 10.5. The zero-order valence-electron chi connectivity index (χ0n) is 8.91. The molecule has 1 saturated heterocycles. The zero-order valence-corrected chi connectivity index (χ0v) is 8.91. The second-order valence-electron chi connectivity index (χ2n) is 3.95. The lowest BCUT2D eigenvalue weighted by Crippen LogP contribution is -2.42. The molecule has 1 aromatic heterocycles. The van der Waals surface area contributed by atoms with E-state index in [1.807, 2.05) is 7.05 Å². The van der Waals surface area contributed by atoms with E-state index in [0.717, 1.165) is 31.5 Å². The summed E-state index contributed by atoms with van der Waals surface area (Å²) in [4.78, 5) is 3.90. The topological polar surface area (TPSA) is 28.2 Å². The van der Waals surface area contributed by atoms with Gasteiger partial charge in [-0.1, -0.05) is 0 Å². The number of aromatic nitrogens is 1. The summed E-state index contributed by atoms with van der Waals surface area (Å²) >= 11 is 0. The number of nitrogens with zero attached hydrogens (tertiary/aromatic N) is 2. The van der Waals surface area contributed by atoms with Gasteiger partial charge in [-0.2, -0.15) is 0 Å². The molecule has 1 atom stereocenters. The summed E-state index contributed by atoms with van der Waals surface area (Å²) in [5.74, 6) is 0.156. The van der Waals surface area contributed by atoms with Crippen LogP contribution in [0.15, 0.2) is 18.5 Å². The van der Waals surface area contributed by atoms with Crippen molar-refractivity contribution in [1.29, 1.82) is 0 Å². The van der Waals surface area contributed by atoms with E-state index in [4.69, 9.17) is 0 Å². The molecule has 0 aliphatic carbocycles. The van der Waals surface area contributed by atoms with Crippen molar-refractivity contribution < 1.29 is 4.39 Å². The zero-order chi connectivity index (χ0) is 10.7. The van der Waals surface area contributed by atoms with Gasteiger partial charge in [-0.15, -0.1) is 0 Å². The molecule has 0 amide bonds. The van der Waals surface area contributed by atoms with Gasteiger partial charge in [0.25, 0.3) is 0 Å². The Bertz CT molecular complexity index is 329. The van der Waals surface area contributed by atoms with Gasteiger partial charge in [0.2, 0.25) is 0 Å². The van der Waals surface area contributed by atoms with Crippen LogP contribution >= 0.6 is 0 Å². The van der Waals surface area contributed by atoms with Crippen LogP contribution in [-0.4, -0.2) is 30.1 Å². The van der Waals surface area contributed by atoms with Crippen molar-refractivity contribution in [3.63, 3.8) is 0 Å². The highest BCUT2D eigenvalue weighted by Crippen LogP contribution is 2.25. The van der Waals surface area contributed by atoms with Crippen LogP contribution in [0.2, 0.25) is 0 Å². The number of rotatable bonds is 2. The van der Waals surface area contributed by atoms with Crippen molar-refractivity contribution in [2.24, 2.45) is 0 Å². The molecule has 2 heterocycles. The largest absolute Gasteiger partial charge is 0.261 e. The number of halogens is 1. The first-order valence-electron chi connectivity index (χ1n) is 5.32. The van der Waals surface area contributed by atoms with Gasteiger partial charge < -0.3 is 0 Å². The highest BCUT2D eigenvalue weighted by molar-refractivity contribution is 5.16. The number of hydrogen-bond acceptors (Lipinski definition) is 3. The second-order valence-corrected chi connectivity index (χ2v) is 3.95. The van der Waals surface area contributed by atoms with Crippen LogP contribution in [0.4, 0.5) is 4.39 Å². The average molecular weight is 209 g/mol. The molecular formula is C11H16FN3. The number of hydrazine groups is 1. The number of pyridine rings is 1. The Morgan fingerprint density at radius 3 is 3.13 bits per heavy atom. The highest BCUT2D eigenvalue weighted by Gasteiger charge is 2.20. The lowest BCUT2D eigenvalue weighted by atomic mass is 9.92. The molecule has 4 heteroatoms. The molecule has 1 aliphatic heterocycles. The van der Waals surface area contributed by atoms with Crippen LogP contribution in [0, 0.1) is 5.82 Å². The third kappa shape index (κ3) is 2.52. The monoisotopic (exact) mass is 209 g/mol. The van der Waals surface area contributed by atoms with Crippen molar-refractivity contribution in [3.05, 3.63) is 29.8 Å².